The van der Waals surface area contributed by atoms with Gasteiger partial charge in [-0.2, -0.15) is 0 Å². The van der Waals surface area contributed by atoms with E-state index in [-0.39, 0.29) is 0 Å². The van der Waals surface area contributed by atoms with Crippen molar-refractivity contribution >= 4 is 0 Å². The number of rotatable bonds is 7. The maximum atomic E-state index is 5.20. The van der Waals surface area contributed by atoms with E-state index in [0.29, 0.717) is 11.5 Å². The number of ether oxygens (including phenoxy) is 1. The summed E-state index contributed by atoms with van der Waals surface area (Å²) < 4.78 is 5.20. The molecule has 1 aromatic carbocycles. The fraction of sp³-hybridized carbons (Fsp3) is 0.647. The smallest absolute Gasteiger partial charge is 0.118 e. The molecule has 0 bridgehead atoms. The van der Waals surface area contributed by atoms with E-state index in [4.69, 9.17) is 4.74 Å². The van der Waals surface area contributed by atoms with E-state index in [1.54, 1.807) is 7.11 Å². The van der Waals surface area contributed by atoms with Gasteiger partial charge in [-0.1, -0.05) is 32.9 Å². The van der Waals surface area contributed by atoms with Crippen LogP contribution in [0.5, 0.6) is 5.75 Å². The molecular formula is C17H27NO. The van der Waals surface area contributed by atoms with E-state index < -0.39 is 0 Å². The Bertz CT molecular complexity index is 396. The summed E-state index contributed by atoms with van der Waals surface area (Å²) in [5.74, 6) is 1.79. The van der Waals surface area contributed by atoms with Gasteiger partial charge in [0.25, 0.3) is 0 Å². The molecule has 106 valence electrons. The van der Waals surface area contributed by atoms with Crippen molar-refractivity contribution in [2.75, 3.05) is 13.7 Å². The van der Waals surface area contributed by atoms with Gasteiger partial charge in [0, 0.05) is 6.04 Å². The lowest BCUT2D eigenvalue weighted by Gasteiger charge is -2.19. The highest BCUT2D eigenvalue weighted by Gasteiger charge is 2.49. The molecule has 1 aliphatic rings. The summed E-state index contributed by atoms with van der Waals surface area (Å²) in [5.41, 5.74) is 1.95. The highest BCUT2D eigenvalue weighted by Crippen LogP contribution is 2.54. The maximum Gasteiger partial charge on any atom is 0.118 e. The standard InChI is InChI=1S/C17H27NO/c1-5-18-16(15-12-17(15,2)3)11-8-13-6-9-14(19-4)10-7-13/h6-7,9-10,15-16,18H,5,8,11-12H2,1-4H3. The summed E-state index contributed by atoms with van der Waals surface area (Å²) in [6.45, 7) is 8.04. The van der Waals surface area contributed by atoms with Gasteiger partial charge in [0.05, 0.1) is 7.11 Å². The van der Waals surface area contributed by atoms with E-state index in [1.807, 2.05) is 0 Å². The third kappa shape index (κ3) is 3.73. The topological polar surface area (TPSA) is 21.3 Å². The molecule has 0 aliphatic heterocycles. The molecule has 1 aromatic rings. The maximum absolute atomic E-state index is 5.20. The van der Waals surface area contributed by atoms with Gasteiger partial charge in [-0.3, -0.25) is 0 Å². The fourth-order valence-corrected chi connectivity index (χ4v) is 3.02. The van der Waals surface area contributed by atoms with Crippen molar-refractivity contribution < 1.29 is 4.74 Å². The molecule has 0 spiro atoms. The molecule has 1 aliphatic carbocycles. The number of aryl methyl sites for hydroxylation is 1. The van der Waals surface area contributed by atoms with Gasteiger partial charge in [-0.25, -0.2) is 0 Å². The molecular weight excluding hydrogens is 234 g/mol. The monoisotopic (exact) mass is 261 g/mol. The Morgan fingerprint density at radius 1 is 1.32 bits per heavy atom. The van der Waals surface area contributed by atoms with E-state index in [2.05, 4.69) is 50.4 Å². The van der Waals surface area contributed by atoms with Crippen molar-refractivity contribution in [3.05, 3.63) is 29.8 Å². The lowest BCUT2D eigenvalue weighted by atomic mass is 9.97. The van der Waals surface area contributed by atoms with Crippen LogP contribution in [0.25, 0.3) is 0 Å². The van der Waals surface area contributed by atoms with Crippen LogP contribution >= 0.6 is 0 Å². The molecule has 1 N–H and O–H groups in total. The van der Waals surface area contributed by atoms with Gasteiger partial charge in [0.15, 0.2) is 0 Å². The highest BCUT2D eigenvalue weighted by atomic mass is 16.5. The molecule has 2 heteroatoms. The first-order chi connectivity index (χ1) is 9.06. The van der Waals surface area contributed by atoms with Crippen molar-refractivity contribution in [3.63, 3.8) is 0 Å². The molecule has 0 aromatic heterocycles. The lowest BCUT2D eigenvalue weighted by molar-refractivity contribution is 0.391. The molecule has 1 saturated carbocycles. The molecule has 2 rings (SSSR count). The van der Waals surface area contributed by atoms with E-state index in [1.165, 1.54) is 18.4 Å². The Hall–Kier alpha value is -1.02. The second kappa shape index (κ2) is 5.96. The number of hydrogen-bond acceptors (Lipinski definition) is 2. The van der Waals surface area contributed by atoms with Crippen molar-refractivity contribution in [3.8, 4) is 5.75 Å². The first kappa shape index (κ1) is 14.4. The van der Waals surface area contributed by atoms with Crippen molar-refractivity contribution in [2.45, 2.75) is 46.1 Å². The zero-order chi connectivity index (χ0) is 13.9. The fourth-order valence-electron chi connectivity index (χ4n) is 3.02. The molecule has 2 nitrogen and oxygen atoms in total. The van der Waals surface area contributed by atoms with Crippen LogP contribution in [0.15, 0.2) is 24.3 Å². The van der Waals surface area contributed by atoms with Gasteiger partial charge in [0.1, 0.15) is 5.75 Å². The Labute approximate surface area is 117 Å². The predicted octanol–water partition coefficient (Wildman–Crippen LogP) is 3.65. The quantitative estimate of drug-likeness (QED) is 0.809. The SMILES string of the molecule is CCNC(CCc1ccc(OC)cc1)C1CC1(C)C. The number of benzene rings is 1. The first-order valence-corrected chi connectivity index (χ1v) is 7.43. The largest absolute Gasteiger partial charge is 0.497 e. The minimum absolute atomic E-state index is 0.548. The van der Waals surface area contributed by atoms with Crippen LogP contribution in [0.3, 0.4) is 0 Å². The Balaban J connectivity index is 1.87. The second-order valence-corrected chi connectivity index (χ2v) is 6.35. The average molecular weight is 261 g/mol. The van der Waals surface area contributed by atoms with Crippen LogP contribution in [-0.2, 0) is 6.42 Å². The molecule has 19 heavy (non-hydrogen) atoms. The summed E-state index contributed by atoms with van der Waals surface area (Å²) >= 11 is 0. The molecule has 0 radical (unpaired) electrons. The summed E-state index contributed by atoms with van der Waals surface area (Å²) in [7, 11) is 1.71. The normalized spacial score (nSPS) is 22.0. The average Bonchev–Trinajstić information content (AvgIpc) is 3.04. The highest BCUT2D eigenvalue weighted by molar-refractivity contribution is 5.27. The first-order valence-electron chi connectivity index (χ1n) is 7.43. The Morgan fingerprint density at radius 3 is 2.42 bits per heavy atom. The van der Waals surface area contributed by atoms with Crippen LogP contribution in [-0.4, -0.2) is 19.7 Å². The molecule has 0 saturated heterocycles. The summed E-state index contributed by atoms with van der Waals surface area (Å²) in [5, 5.41) is 3.67. The van der Waals surface area contributed by atoms with Gasteiger partial charge in [0.2, 0.25) is 0 Å². The van der Waals surface area contributed by atoms with E-state index in [0.717, 1.165) is 24.6 Å². The third-order valence-electron chi connectivity index (χ3n) is 4.44. The van der Waals surface area contributed by atoms with Crippen LogP contribution in [0.4, 0.5) is 0 Å². The molecule has 2 atom stereocenters. The number of hydrogen-bond donors (Lipinski definition) is 1. The van der Waals surface area contributed by atoms with Crippen LogP contribution in [0, 0.1) is 11.3 Å². The minimum Gasteiger partial charge on any atom is -0.497 e. The lowest BCUT2D eigenvalue weighted by Crippen LogP contribution is -2.32. The van der Waals surface area contributed by atoms with Crippen molar-refractivity contribution in [1.82, 2.24) is 5.32 Å². The Morgan fingerprint density at radius 2 is 1.95 bits per heavy atom. The molecule has 1 fully saturated rings. The van der Waals surface area contributed by atoms with Gasteiger partial charge < -0.3 is 10.1 Å². The predicted molar refractivity (Wildman–Crippen MR) is 80.7 cm³/mol. The Kier molecular flexibility index (Phi) is 4.51. The summed E-state index contributed by atoms with van der Waals surface area (Å²) in [6.07, 6.45) is 3.75. The third-order valence-corrected chi connectivity index (χ3v) is 4.44. The molecule has 0 heterocycles. The molecule has 0 amide bonds. The number of methoxy groups -OCH3 is 1. The van der Waals surface area contributed by atoms with Crippen LogP contribution < -0.4 is 10.1 Å². The van der Waals surface area contributed by atoms with Gasteiger partial charge in [-0.15, -0.1) is 0 Å². The second-order valence-electron chi connectivity index (χ2n) is 6.35. The van der Waals surface area contributed by atoms with Crippen LogP contribution in [0.1, 0.15) is 39.2 Å². The summed E-state index contributed by atoms with van der Waals surface area (Å²) in [6, 6.07) is 9.14. The van der Waals surface area contributed by atoms with Gasteiger partial charge >= 0.3 is 0 Å². The van der Waals surface area contributed by atoms with Gasteiger partial charge in [-0.05, 0) is 54.8 Å². The van der Waals surface area contributed by atoms with Crippen molar-refractivity contribution in [2.24, 2.45) is 11.3 Å². The summed E-state index contributed by atoms with van der Waals surface area (Å²) in [4.78, 5) is 0. The van der Waals surface area contributed by atoms with E-state index in [9.17, 15) is 0 Å². The minimum atomic E-state index is 0.548. The van der Waals surface area contributed by atoms with Crippen molar-refractivity contribution in [1.29, 1.82) is 0 Å². The molecule has 2 unspecified atom stereocenters. The van der Waals surface area contributed by atoms with Crippen LogP contribution in [0.2, 0.25) is 0 Å². The zero-order valence-electron chi connectivity index (χ0n) is 12.7. The zero-order valence-corrected chi connectivity index (χ0v) is 12.7. The number of nitrogens with one attached hydrogen (secondary N) is 1. The van der Waals surface area contributed by atoms with E-state index >= 15 is 0 Å².